The van der Waals surface area contributed by atoms with Crippen LogP contribution in [0.1, 0.15) is 32.6 Å². The second-order valence-electron chi connectivity index (χ2n) is 7.68. The molecule has 0 aromatic heterocycles. The van der Waals surface area contributed by atoms with Gasteiger partial charge in [-0.25, -0.2) is 0 Å². The number of rotatable bonds is 2. The van der Waals surface area contributed by atoms with E-state index in [4.69, 9.17) is 0 Å². The van der Waals surface area contributed by atoms with Gasteiger partial charge in [0.25, 0.3) is 5.91 Å². The molecule has 2 heteroatoms. The van der Waals surface area contributed by atoms with E-state index >= 15 is 0 Å². The molecule has 0 bridgehead atoms. The highest BCUT2D eigenvalue weighted by Crippen LogP contribution is 2.36. The second kappa shape index (κ2) is 5.43. The van der Waals surface area contributed by atoms with Crippen molar-refractivity contribution in [3.8, 4) is 0 Å². The van der Waals surface area contributed by atoms with Gasteiger partial charge in [0.15, 0.2) is 0 Å². The number of nitrogens with one attached hydrogen (secondary N) is 1. The lowest BCUT2D eigenvalue weighted by atomic mass is 9.99. The predicted molar refractivity (Wildman–Crippen MR) is 111 cm³/mol. The standard InChI is InChI=1S/C25H19NO/c27-25(20-13-11-17-9-7-15-3-1-5-19(20)23(15)17)26-22-14-12-18-10-8-16-4-2-6-21(22)24(16)18/h1-6,11-14H,7-10H2,(H,26,27). The summed E-state index contributed by atoms with van der Waals surface area (Å²) in [5.41, 5.74) is 7.18. The van der Waals surface area contributed by atoms with E-state index in [-0.39, 0.29) is 5.91 Å². The van der Waals surface area contributed by atoms with Gasteiger partial charge in [0.05, 0.1) is 0 Å². The number of carbonyl (C=O) groups excluding carboxylic acids is 1. The first kappa shape index (κ1) is 15.0. The van der Waals surface area contributed by atoms with E-state index in [9.17, 15) is 4.79 Å². The summed E-state index contributed by atoms with van der Waals surface area (Å²) < 4.78 is 0. The Morgan fingerprint density at radius 2 is 1.19 bits per heavy atom. The molecule has 2 aliphatic rings. The molecule has 0 aliphatic heterocycles. The minimum absolute atomic E-state index is 0.0238. The Hall–Kier alpha value is -3.13. The fraction of sp³-hybridized carbons (Fsp3) is 0.160. The minimum Gasteiger partial charge on any atom is -0.321 e. The number of hydrogen-bond donors (Lipinski definition) is 1. The van der Waals surface area contributed by atoms with Gasteiger partial charge in [-0.2, -0.15) is 0 Å². The summed E-state index contributed by atoms with van der Waals surface area (Å²) in [6, 6.07) is 21.1. The van der Waals surface area contributed by atoms with Crippen LogP contribution in [0, 0.1) is 0 Å². The smallest absolute Gasteiger partial charge is 0.256 e. The largest absolute Gasteiger partial charge is 0.321 e. The molecular weight excluding hydrogens is 330 g/mol. The van der Waals surface area contributed by atoms with Gasteiger partial charge in [0.1, 0.15) is 0 Å². The molecule has 0 fully saturated rings. The van der Waals surface area contributed by atoms with Crippen molar-refractivity contribution in [3.63, 3.8) is 0 Å². The van der Waals surface area contributed by atoms with Crippen molar-refractivity contribution in [2.75, 3.05) is 5.32 Å². The van der Waals surface area contributed by atoms with Gasteiger partial charge in [-0.15, -0.1) is 0 Å². The summed E-state index contributed by atoms with van der Waals surface area (Å²) in [6.07, 6.45) is 4.34. The van der Waals surface area contributed by atoms with Crippen molar-refractivity contribution in [2.45, 2.75) is 25.7 Å². The van der Waals surface area contributed by atoms with Crippen molar-refractivity contribution in [3.05, 3.63) is 88.5 Å². The molecule has 1 N–H and O–H groups in total. The highest BCUT2D eigenvalue weighted by molar-refractivity contribution is 6.16. The van der Waals surface area contributed by atoms with E-state index in [1.54, 1.807) is 0 Å². The van der Waals surface area contributed by atoms with Gasteiger partial charge < -0.3 is 5.32 Å². The summed E-state index contributed by atoms with van der Waals surface area (Å²) in [4.78, 5) is 13.2. The first-order valence-corrected chi connectivity index (χ1v) is 9.68. The fourth-order valence-corrected chi connectivity index (χ4v) is 4.99. The number of hydrogen-bond acceptors (Lipinski definition) is 1. The van der Waals surface area contributed by atoms with Crippen molar-refractivity contribution in [1.82, 2.24) is 0 Å². The topological polar surface area (TPSA) is 29.1 Å². The fourth-order valence-electron chi connectivity index (χ4n) is 4.99. The minimum atomic E-state index is -0.0238. The van der Waals surface area contributed by atoms with Crippen molar-refractivity contribution in [2.24, 2.45) is 0 Å². The van der Waals surface area contributed by atoms with E-state index in [0.717, 1.165) is 47.7 Å². The Morgan fingerprint density at radius 1 is 0.630 bits per heavy atom. The molecule has 27 heavy (non-hydrogen) atoms. The molecule has 130 valence electrons. The van der Waals surface area contributed by atoms with E-state index in [1.807, 2.05) is 6.07 Å². The van der Waals surface area contributed by atoms with E-state index in [0.29, 0.717) is 0 Å². The Bertz CT molecular complexity index is 1250. The van der Waals surface area contributed by atoms with Crippen LogP contribution in [0.2, 0.25) is 0 Å². The molecule has 0 saturated carbocycles. The molecule has 0 spiro atoms. The van der Waals surface area contributed by atoms with Crippen LogP contribution >= 0.6 is 0 Å². The lowest BCUT2D eigenvalue weighted by molar-refractivity contribution is 0.102. The van der Waals surface area contributed by atoms with Crippen molar-refractivity contribution < 1.29 is 4.79 Å². The average Bonchev–Trinajstić information content (AvgIpc) is 3.31. The number of aryl methyl sites for hydroxylation is 4. The molecule has 1 amide bonds. The van der Waals surface area contributed by atoms with Crippen molar-refractivity contribution in [1.29, 1.82) is 0 Å². The molecule has 2 aliphatic carbocycles. The number of benzene rings is 4. The Kier molecular flexibility index (Phi) is 3.01. The zero-order chi connectivity index (χ0) is 18.0. The van der Waals surface area contributed by atoms with Gasteiger partial charge >= 0.3 is 0 Å². The molecule has 2 nitrogen and oxygen atoms in total. The number of anilines is 1. The first-order chi connectivity index (χ1) is 13.3. The summed E-state index contributed by atoms with van der Waals surface area (Å²) in [5.74, 6) is -0.0238. The van der Waals surface area contributed by atoms with Gasteiger partial charge in [0.2, 0.25) is 0 Å². The van der Waals surface area contributed by atoms with Gasteiger partial charge in [-0.1, -0.05) is 48.5 Å². The Labute approximate surface area is 157 Å². The zero-order valence-electron chi connectivity index (χ0n) is 15.0. The van der Waals surface area contributed by atoms with Crippen molar-refractivity contribution >= 4 is 33.1 Å². The molecule has 6 rings (SSSR count). The molecule has 4 aromatic carbocycles. The monoisotopic (exact) mass is 349 g/mol. The molecule has 4 aromatic rings. The van der Waals surface area contributed by atoms with Gasteiger partial charge in [-0.3, -0.25) is 4.79 Å². The maximum Gasteiger partial charge on any atom is 0.256 e. The van der Waals surface area contributed by atoms with Gasteiger partial charge in [0, 0.05) is 16.6 Å². The molecule has 0 unspecified atom stereocenters. The highest BCUT2D eigenvalue weighted by Gasteiger charge is 2.20. The van der Waals surface area contributed by atoms with Crippen LogP contribution in [0.25, 0.3) is 21.5 Å². The van der Waals surface area contributed by atoms with Crippen LogP contribution in [0.15, 0.2) is 60.7 Å². The third kappa shape index (κ3) is 2.10. The molecule has 0 atom stereocenters. The van der Waals surface area contributed by atoms with Crippen LogP contribution in [0.5, 0.6) is 0 Å². The summed E-state index contributed by atoms with van der Waals surface area (Å²) in [5, 5.41) is 8.04. The lowest BCUT2D eigenvalue weighted by Crippen LogP contribution is -2.13. The molecule has 0 radical (unpaired) electrons. The third-order valence-electron chi connectivity index (χ3n) is 6.25. The van der Waals surface area contributed by atoms with E-state index in [2.05, 4.69) is 59.9 Å². The molecule has 0 heterocycles. The SMILES string of the molecule is O=C(Nc1ccc2c3c(cccc13)CC2)c1ccc2c3c(cccc13)CC2. The highest BCUT2D eigenvalue weighted by atomic mass is 16.1. The van der Waals surface area contributed by atoms with E-state index < -0.39 is 0 Å². The molecular formula is C25H19NO. The quantitative estimate of drug-likeness (QED) is 0.513. The zero-order valence-corrected chi connectivity index (χ0v) is 15.0. The predicted octanol–water partition coefficient (Wildman–Crippen LogP) is 5.44. The first-order valence-electron chi connectivity index (χ1n) is 9.68. The maximum atomic E-state index is 13.2. The summed E-state index contributed by atoms with van der Waals surface area (Å²) in [7, 11) is 0. The van der Waals surface area contributed by atoms with Crippen LogP contribution in [0.3, 0.4) is 0 Å². The lowest BCUT2D eigenvalue weighted by Gasteiger charge is -2.13. The average molecular weight is 349 g/mol. The summed E-state index contributed by atoms with van der Waals surface area (Å²) in [6.45, 7) is 0. The molecule has 0 saturated heterocycles. The third-order valence-corrected chi connectivity index (χ3v) is 6.25. The summed E-state index contributed by atoms with van der Waals surface area (Å²) >= 11 is 0. The second-order valence-corrected chi connectivity index (χ2v) is 7.68. The van der Waals surface area contributed by atoms with Crippen LogP contribution in [-0.2, 0) is 25.7 Å². The van der Waals surface area contributed by atoms with E-state index in [1.165, 1.54) is 33.0 Å². The normalized spacial score (nSPS) is 14.2. The maximum absolute atomic E-state index is 13.2. The number of carbonyl (C=O) groups is 1. The Balaban J connectivity index is 1.47. The number of amides is 1. The van der Waals surface area contributed by atoms with Crippen LogP contribution in [-0.4, -0.2) is 5.91 Å². The van der Waals surface area contributed by atoms with Gasteiger partial charge in [-0.05, 0) is 76.2 Å². The van der Waals surface area contributed by atoms with Crippen LogP contribution < -0.4 is 5.32 Å². The Morgan fingerprint density at radius 3 is 1.89 bits per heavy atom. The van der Waals surface area contributed by atoms with Crippen LogP contribution in [0.4, 0.5) is 5.69 Å².